The topological polar surface area (TPSA) is 57.8 Å². The molecule has 2 unspecified atom stereocenters. The van der Waals surface area contributed by atoms with Crippen LogP contribution in [0, 0.1) is 5.92 Å². The van der Waals surface area contributed by atoms with Crippen LogP contribution < -0.4 is 5.32 Å². The second-order valence-electron chi connectivity index (χ2n) is 4.00. The van der Waals surface area contributed by atoms with Crippen LogP contribution in [0.15, 0.2) is 12.4 Å². The van der Waals surface area contributed by atoms with E-state index in [1.807, 2.05) is 11.8 Å². The van der Waals surface area contributed by atoms with Gasteiger partial charge in [0.1, 0.15) is 5.82 Å². The maximum Gasteiger partial charge on any atom is 0.224 e. The number of nitrogens with zero attached hydrogens (tertiary/aromatic N) is 1. The van der Waals surface area contributed by atoms with Crippen LogP contribution in [0.1, 0.15) is 31.6 Å². The summed E-state index contributed by atoms with van der Waals surface area (Å²) in [5.74, 6) is 3.28. The second kappa shape index (κ2) is 5.39. The standard InChI is InChI=1S/C11H17N3OS/c1-2-9(10-12-4-5-13-10)14-11(15)8-3-6-16-7-8/h4-5,8-9H,2-3,6-7H2,1H3,(H,12,13)(H,14,15). The van der Waals surface area contributed by atoms with E-state index < -0.39 is 0 Å². The molecule has 2 atom stereocenters. The third kappa shape index (κ3) is 2.58. The number of amides is 1. The van der Waals surface area contributed by atoms with E-state index in [0.29, 0.717) is 0 Å². The average molecular weight is 239 g/mol. The fourth-order valence-corrected chi connectivity index (χ4v) is 3.08. The van der Waals surface area contributed by atoms with Gasteiger partial charge in [0.05, 0.1) is 6.04 Å². The van der Waals surface area contributed by atoms with E-state index in [1.54, 1.807) is 12.4 Å². The molecule has 16 heavy (non-hydrogen) atoms. The van der Waals surface area contributed by atoms with Gasteiger partial charge in [0.15, 0.2) is 0 Å². The van der Waals surface area contributed by atoms with E-state index >= 15 is 0 Å². The smallest absolute Gasteiger partial charge is 0.224 e. The minimum absolute atomic E-state index is 0.0214. The normalized spacial score (nSPS) is 21.9. The van der Waals surface area contributed by atoms with Crippen LogP contribution in [0.4, 0.5) is 0 Å². The highest BCUT2D eigenvalue weighted by Crippen LogP contribution is 2.24. The Morgan fingerprint density at radius 3 is 3.25 bits per heavy atom. The fraction of sp³-hybridized carbons (Fsp3) is 0.636. The number of rotatable bonds is 4. The molecule has 0 radical (unpaired) electrons. The minimum atomic E-state index is 0.0214. The number of nitrogens with one attached hydrogen (secondary N) is 2. The van der Waals surface area contributed by atoms with Crippen molar-refractivity contribution in [2.75, 3.05) is 11.5 Å². The molecule has 1 amide bonds. The summed E-state index contributed by atoms with van der Waals surface area (Å²) in [7, 11) is 0. The van der Waals surface area contributed by atoms with Crippen molar-refractivity contribution >= 4 is 17.7 Å². The summed E-state index contributed by atoms with van der Waals surface area (Å²) in [5.41, 5.74) is 0. The molecule has 0 aliphatic carbocycles. The predicted octanol–water partition coefficient (Wildman–Crippen LogP) is 1.73. The van der Waals surface area contributed by atoms with Crippen LogP contribution >= 0.6 is 11.8 Å². The maximum atomic E-state index is 11.9. The van der Waals surface area contributed by atoms with Crippen LogP contribution in [0.5, 0.6) is 0 Å². The molecule has 1 aromatic heterocycles. The SMILES string of the molecule is CCC(NC(=O)C1CCSC1)c1ncc[nH]1. The van der Waals surface area contributed by atoms with Gasteiger partial charge >= 0.3 is 0 Å². The lowest BCUT2D eigenvalue weighted by molar-refractivity contribution is -0.125. The molecule has 1 fully saturated rings. The number of carbonyl (C=O) groups excluding carboxylic acids is 1. The molecular formula is C11H17N3OS. The first-order valence-corrected chi connectivity index (χ1v) is 6.84. The second-order valence-corrected chi connectivity index (χ2v) is 5.15. The summed E-state index contributed by atoms with van der Waals surface area (Å²) < 4.78 is 0. The van der Waals surface area contributed by atoms with Gasteiger partial charge in [-0.3, -0.25) is 4.79 Å². The van der Waals surface area contributed by atoms with Gasteiger partial charge in [-0.1, -0.05) is 6.92 Å². The minimum Gasteiger partial charge on any atom is -0.347 e. The van der Waals surface area contributed by atoms with Gasteiger partial charge in [-0.05, 0) is 18.6 Å². The average Bonchev–Trinajstić information content (AvgIpc) is 2.96. The molecule has 4 nitrogen and oxygen atoms in total. The first kappa shape index (κ1) is 11.5. The largest absolute Gasteiger partial charge is 0.347 e. The van der Waals surface area contributed by atoms with Crippen molar-refractivity contribution in [3.05, 3.63) is 18.2 Å². The van der Waals surface area contributed by atoms with Crippen LogP contribution in [-0.2, 0) is 4.79 Å². The number of thioether (sulfide) groups is 1. The van der Waals surface area contributed by atoms with Crippen molar-refractivity contribution in [1.82, 2.24) is 15.3 Å². The summed E-state index contributed by atoms with van der Waals surface area (Å²) in [6, 6.07) is 0.0214. The number of carbonyl (C=O) groups is 1. The molecule has 0 bridgehead atoms. The first-order valence-electron chi connectivity index (χ1n) is 5.68. The molecule has 5 heteroatoms. The van der Waals surface area contributed by atoms with E-state index in [0.717, 1.165) is 30.2 Å². The molecule has 1 saturated heterocycles. The fourth-order valence-electron chi connectivity index (χ4n) is 1.86. The Morgan fingerprint density at radius 2 is 2.69 bits per heavy atom. The van der Waals surface area contributed by atoms with E-state index in [-0.39, 0.29) is 17.9 Å². The predicted molar refractivity (Wildman–Crippen MR) is 65.2 cm³/mol. The van der Waals surface area contributed by atoms with Crippen LogP contribution in [0.25, 0.3) is 0 Å². The zero-order valence-electron chi connectivity index (χ0n) is 9.40. The molecular weight excluding hydrogens is 222 g/mol. The van der Waals surface area contributed by atoms with Crippen molar-refractivity contribution in [1.29, 1.82) is 0 Å². The van der Waals surface area contributed by atoms with Gasteiger partial charge in [-0.15, -0.1) is 0 Å². The summed E-state index contributed by atoms with van der Waals surface area (Å²) in [5, 5.41) is 3.06. The van der Waals surface area contributed by atoms with E-state index in [2.05, 4.69) is 22.2 Å². The highest BCUT2D eigenvalue weighted by molar-refractivity contribution is 7.99. The lowest BCUT2D eigenvalue weighted by Gasteiger charge is -2.17. The molecule has 2 N–H and O–H groups in total. The van der Waals surface area contributed by atoms with Crippen LogP contribution in [0.3, 0.4) is 0 Å². The molecule has 2 heterocycles. The monoisotopic (exact) mass is 239 g/mol. The van der Waals surface area contributed by atoms with Crippen LogP contribution in [0.2, 0.25) is 0 Å². The van der Waals surface area contributed by atoms with E-state index in [9.17, 15) is 4.79 Å². The van der Waals surface area contributed by atoms with Crippen molar-refractivity contribution in [3.63, 3.8) is 0 Å². The molecule has 1 aliphatic rings. The molecule has 1 aromatic rings. The van der Waals surface area contributed by atoms with Gasteiger partial charge in [0.25, 0.3) is 0 Å². The number of H-pyrrole nitrogens is 1. The quantitative estimate of drug-likeness (QED) is 0.841. The van der Waals surface area contributed by atoms with Crippen molar-refractivity contribution in [3.8, 4) is 0 Å². The zero-order chi connectivity index (χ0) is 11.4. The first-order chi connectivity index (χ1) is 7.81. The van der Waals surface area contributed by atoms with Crippen molar-refractivity contribution in [2.45, 2.75) is 25.8 Å². The Kier molecular flexibility index (Phi) is 3.88. The lowest BCUT2D eigenvalue weighted by Crippen LogP contribution is -2.34. The Bertz CT molecular complexity index is 333. The van der Waals surface area contributed by atoms with Gasteiger partial charge < -0.3 is 10.3 Å². The third-order valence-corrected chi connectivity index (χ3v) is 4.04. The van der Waals surface area contributed by atoms with E-state index in [1.165, 1.54) is 0 Å². The highest BCUT2D eigenvalue weighted by atomic mass is 32.2. The summed E-state index contributed by atoms with van der Waals surface area (Å²) in [6.45, 7) is 2.05. The Hall–Kier alpha value is -0.970. The number of aromatic nitrogens is 2. The zero-order valence-corrected chi connectivity index (χ0v) is 10.2. The molecule has 88 valence electrons. The molecule has 0 aromatic carbocycles. The number of imidazole rings is 1. The molecule has 1 aliphatic heterocycles. The van der Waals surface area contributed by atoms with Gasteiger partial charge in [-0.25, -0.2) is 4.98 Å². The summed E-state index contributed by atoms with van der Waals surface area (Å²) in [4.78, 5) is 19.2. The van der Waals surface area contributed by atoms with E-state index in [4.69, 9.17) is 0 Å². The van der Waals surface area contributed by atoms with Gasteiger partial charge in [0, 0.05) is 24.1 Å². The Morgan fingerprint density at radius 1 is 1.81 bits per heavy atom. The highest BCUT2D eigenvalue weighted by Gasteiger charge is 2.25. The number of hydrogen-bond donors (Lipinski definition) is 2. The third-order valence-electron chi connectivity index (χ3n) is 2.87. The van der Waals surface area contributed by atoms with Gasteiger partial charge in [-0.2, -0.15) is 11.8 Å². The number of hydrogen-bond acceptors (Lipinski definition) is 3. The Labute approximate surface area is 99.6 Å². The van der Waals surface area contributed by atoms with Crippen molar-refractivity contribution < 1.29 is 4.79 Å². The molecule has 0 saturated carbocycles. The maximum absolute atomic E-state index is 11.9. The summed E-state index contributed by atoms with van der Waals surface area (Å²) >= 11 is 1.86. The molecule has 2 rings (SSSR count). The lowest BCUT2D eigenvalue weighted by atomic mass is 10.1. The van der Waals surface area contributed by atoms with Crippen LogP contribution in [-0.4, -0.2) is 27.4 Å². The van der Waals surface area contributed by atoms with Gasteiger partial charge in [0.2, 0.25) is 5.91 Å². The molecule has 0 spiro atoms. The number of aromatic amines is 1. The summed E-state index contributed by atoms with van der Waals surface area (Å²) in [6.07, 6.45) is 5.37. The van der Waals surface area contributed by atoms with Crippen molar-refractivity contribution in [2.24, 2.45) is 5.92 Å². The Balaban J connectivity index is 1.93.